The maximum Gasteiger partial charge on any atom is 0.472 e. The molecule has 47 heavy (non-hydrogen) atoms. The highest BCUT2D eigenvalue weighted by molar-refractivity contribution is 7.47. The van der Waals surface area contributed by atoms with Gasteiger partial charge in [0.25, 0.3) is 0 Å². The first kappa shape index (κ1) is 45.5. The molecule has 0 heterocycles. The summed E-state index contributed by atoms with van der Waals surface area (Å²) in [7, 11) is -4.37. The van der Waals surface area contributed by atoms with Gasteiger partial charge in [-0.3, -0.25) is 18.6 Å². The summed E-state index contributed by atoms with van der Waals surface area (Å²) in [5.41, 5.74) is 5.32. The number of carbonyl (C=O) groups excluding carboxylic acids is 2. The van der Waals surface area contributed by atoms with E-state index < -0.39 is 26.5 Å². The largest absolute Gasteiger partial charge is 0.472 e. The Bertz CT molecular complexity index is 835. The van der Waals surface area contributed by atoms with Gasteiger partial charge in [-0.2, -0.15) is 0 Å². The lowest BCUT2D eigenvalue weighted by atomic mass is 10.1. The number of hydrogen-bond donors (Lipinski definition) is 2. The molecule has 0 fully saturated rings. The van der Waals surface area contributed by atoms with Crippen LogP contribution in [0.25, 0.3) is 0 Å². The predicted molar refractivity (Wildman–Crippen MR) is 192 cm³/mol. The van der Waals surface area contributed by atoms with E-state index in [4.69, 9.17) is 24.3 Å². The molecule has 3 N–H and O–H groups in total. The van der Waals surface area contributed by atoms with E-state index in [1.54, 1.807) is 0 Å². The zero-order valence-electron chi connectivity index (χ0n) is 30.0. The number of allylic oxidation sites excluding steroid dienone is 4. The molecule has 0 aliphatic rings. The van der Waals surface area contributed by atoms with E-state index in [1.165, 1.54) is 64.2 Å². The number of carbonyl (C=O) groups is 2. The lowest BCUT2D eigenvalue weighted by Crippen LogP contribution is -2.29. The van der Waals surface area contributed by atoms with Gasteiger partial charge in [0, 0.05) is 19.4 Å². The SMILES string of the molecule is CCCCC=CCCCCCCCC(=O)O[C@H](COC(=O)CCCCCCCCCC=CCCCCCC)COP(=O)(O)OCCN. The van der Waals surface area contributed by atoms with E-state index in [-0.39, 0.29) is 38.6 Å². The van der Waals surface area contributed by atoms with Crippen molar-refractivity contribution in [3.05, 3.63) is 24.3 Å². The first-order chi connectivity index (χ1) is 22.8. The van der Waals surface area contributed by atoms with Crippen LogP contribution in [0.15, 0.2) is 24.3 Å². The summed E-state index contributed by atoms with van der Waals surface area (Å²) in [5, 5.41) is 0. The molecule has 0 aromatic rings. The molecule has 0 saturated heterocycles. The smallest absolute Gasteiger partial charge is 0.462 e. The molecule has 276 valence electrons. The number of phosphoric ester groups is 1. The van der Waals surface area contributed by atoms with Crippen molar-refractivity contribution in [3.8, 4) is 0 Å². The van der Waals surface area contributed by atoms with Gasteiger partial charge in [-0.15, -0.1) is 0 Å². The van der Waals surface area contributed by atoms with Crippen LogP contribution in [-0.4, -0.2) is 49.3 Å². The topological polar surface area (TPSA) is 134 Å². The average molecular weight is 688 g/mol. The number of esters is 2. The van der Waals surface area contributed by atoms with Crippen molar-refractivity contribution in [2.45, 2.75) is 174 Å². The molecule has 0 radical (unpaired) electrons. The van der Waals surface area contributed by atoms with Gasteiger partial charge in [0.1, 0.15) is 6.61 Å². The molecular weight excluding hydrogens is 617 g/mol. The molecule has 1 unspecified atom stereocenters. The summed E-state index contributed by atoms with van der Waals surface area (Å²) in [4.78, 5) is 34.6. The number of unbranched alkanes of at least 4 members (excludes halogenated alkanes) is 18. The van der Waals surface area contributed by atoms with Gasteiger partial charge >= 0.3 is 19.8 Å². The molecule has 0 rings (SSSR count). The molecule has 10 heteroatoms. The molecular formula is C37H70NO8P. The van der Waals surface area contributed by atoms with Crippen molar-refractivity contribution in [2.75, 3.05) is 26.4 Å². The lowest BCUT2D eigenvalue weighted by molar-refractivity contribution is -0.161. The van der Waals surface area contributed by atoms with Crippen molar-refractivity contribution < 1.29 is 37.6 Å². The van der Waals surface area contributed by atoms with Crippen molar-refractivity contribution in [3.63, 3.8) is 0 Å². The Hall–Kier alpha value is -1.51. The van der Waals surface area contributed by atoms with Gasteiger partial charge in [-0.25, -0.2) is 4.57 Å². The van der Waals surface area contributed by atoms with Gasteiger partial charge in [0.15, 0.2) is 6.10 Å². The number of phosphoric acid groups is 1. The molecule has 0 spiro atoms. The minimum atomic E-state index is -4.37. The Kier molecular flexibility index (Phi) is 33.3. The van der Waals surface area contributed by atoms with Crippen LogP contribution in [0.1, 0.15) is 168 Å². The minimum absolute atomic E-state index is 0.0521. The van der Waals surface area contributed by atoms with E-state index in [9.17, 15) is 19.0 Å². The summed E-state index contributed by atoms with van der Waals surface area (Å²) in [5.74, 6) is -0.845. The molecule has 2 atom stereocenters. The van der Waals surface area contributed by atoms with Crippen LogP contribution in [0.4, 0.5) is 0 Å². The van der Waals surface area contributed by atoms with Crippen molar-refractivity contribution in [1.82, 2.24) is 0 Å². The van der Waals surface area contributed by atoms with E-state index >= 15 is 0 Å². The quantitative estimate of drug-likeness (QED) is 0.0289. The van der Waals surface area contributed by atoms with E-state index in [0.717, 1.165) is 70.6 Å². The number of rotatable bonds is 35. The third kappa shape index (κ3) is 34.2. The molecule has 0 bridgehead atoms. The van der Waals surface area contributed by atoms with Gasteiger partial charge in [-0.05, 0) is 57.8 Å². The van der Waals surface area contributed by atoms with Gasteiger partial charge < -0.3 is 20.1 Å². The second-order valence-corrected chi connectivity index (χ2v) is 13.9. The molecule has 0 aromatic heterocycles. The van der Waals surface area contributed by atoms with Crippen LogP contribution in [0.5, 0.6) is 0 Å². The number of hydrogen-bond acceptors (Lipinski definition) is 8. The predicted octanol–water partition coefficient (Wildman–Crippen LogP) is 10.0. The second-order valence-electron chi connectivity index (χ2n) is 12.4. The van der Waals surface area contributed by atoms with Gasteiger partial charge in [0.05, 0.1) is 13.2 Å². The van der Waals surface area contributed by atoms with Crippen LogP contribution in [0, 0.1) is 0 Å². The highest BCUT2D eigenvalue weighted by Crippen LogP contribution is 2.43. The summed E-state index contributed by atoms with van der Waals surface area (Å²) in [6.45, 7) is 3.65. The van der Waals surface area contributed by atoms with Crippen LogP contribution >= 0.6 is 7.82 Å². The highest BCUT2D eigenvalue weighted by atomic mass is 31.2. The third-order valence-corrected chi connectivity index (χ3v) is 8.79. The van der Waals surface area contributed by atoms with E-state index in [0.29, 0.717) is 6.42 Å². The first-order valence-electron chi connectivity index (χ1n) is 18.8. The summed E-state index contributed by atoms with van der Waals surface area (Å²) >= 11 is 0. The molecule has 0 amide bonds. The van der Waals surface area contributed by atoms with Gasteiger partial charge in [-0.1, -0.05) is 122 Å². The number of ether oxygens (including phenoxy) is 2. The van der Waals surface area contributed by atoms with Crippen molar-refractivity contribution in [1.29, 1.82) is 0 Å². The fourth-order valence-corrected chi connectivity index (χ4v) is 5.73. The summed E-state index contributed by atoms with van der Waals surface area (Å²) in [6.07, 6.45) is 33.5. The fourth-order valence-electron chi connectivity index (χ4n) is 4.96. The minimum Gasteiger partial charge on any atom is -0.462 e. The second kappa shape index (κ2) is 34.4. The first-order valence-corrected chi connectivity index (χ1v) is 20.3. The lowest BCUT2D eigenvalue weighted by Gasteiger charge is -2.19. The Morgan fingerprint density at radius 3 is 1.57 bits per heavy atom. The molecule has 0 saturated carbocycles. The Morgan fingerprint density at radius 2 is 1.06 bits per heavy atom. The Labute approximate surface area is 287 Å². The Balaban J connectivity index is 4.22. The Morgan fingerprint density at radius 1 is 0.617 bits per heavy atom. The third-order valence-electron chi connectivity index (χ3n) is 7.81. The zero-order valence-corrected chi connectivity index (χ0v) is 30.9. The van der Waals surface area contributed by atoms with Gasteiger partial charge in [0.2, 0.25) is 0 Å². The number of nitrogens with two attached hydrogens (primary N) is 1. The average Bonchev–Trinajstić information content (AvgIpc) is 3.05. The van der Waals surface area contributed by atoms with Crippen LogP contribution in [0.2, 0.25) is 0 Å². The fraction of sp³-hybridized carbons (Fsp3) is 0.838. The maximum absolute atomic E-state index is 12.5. The zero-order chi connectivity index (χ0) is 34.7. The standard InChI is InChI=1S/C37H70NO8P/c1-3-5-7-9-11-13-15-16-17-18-20-21-23-25-27-29-36(39)43-33-35(34-45-47(41,42)44-32-31-38)46-37(40)30-28-26-24-22-19-14-12-10-8-6-4-2/h10,12-13,15,35H,3-9,11,14,16-34,38H2,1-2H3,(H,41,42)/t35-/m1/s1. The normalized spacial score (nSPS) is 13.7. The molecule has 9 nitrogen and oxygen atoms in total. The molecule has 0 aromatic carbocycles. The van der Waals surface area contributed by atoms with Crippen molar-refractivity contribution in [2.24, 2.45) is 5.73 Å². The molecule has 0 aliphatic carbocycles. The maximum atomic E-state index is 12.5. The monoisotopic (exact) mass is 687 g/mol. The summed E-state index contributed by atoms with van der Waals surface area (Å²) in [6, 6.07) is 0. The van der Waals surface area contributed by atoms with Crippen LogP contribution in [-0.2, 0) is 32.7 Å². The van der Waals surface area contributed by atoms with Crippen LogP contribution < -0.4 is 5.73 Å². The van der Waals surface area contributed by atoms with Crippen LogP contribution in [0.3, 0.4) is 0 Å². The van der Waals surface area contributed by atoms with E-state index in [2.05, 4.69) is 38.2 Å². The van der Waals surface area contributed by atoms with E-state index in [1.807, 2.05) is 0 Å². The van der Waals surface area contributed by atoms with Crippen molar-refractivity contribution >= 4 is 19.8 Å². The molecule has 0 aliphatic heterocycles. The summed E-state index contributed by atoms with van der Waals surface area (Å²) < 4.78 is 32.6. The highest BCUT2D eigenvalue weighted by Gasteiger charge is 2.25.